The van der Waals surface area contributed by atoms with E-state index in [9.17, 15) is 46.1 Å². The van der Waals surface area contributed by atoms with Gasteiger partial charge in [0.1, 0.15) is 6.17 Å². The monoisotopic (exact) mass is 640 g/mol. The summed E-state index contributed by atoms with van der Waals surface area (Å²) < 4.78 is 95.1. The van der Waals surface area contributed by atoms with Crippen LogP contribution in [0.3, 0.4) is 0 Å². The van der Waals surface area contributed by atoms with Gasteiger partial charge >= 0.3 is 12.4 Å². The standard InChI is InChI=1S/C34H51F7O3/c1-28(2,43)15-8-16-30(5,17-9-19-32(44,33(36,37)38)34(39,40)41)26-14-13-25-22(10-7-18-31(25,26)6)11-12-23-20-24(42)21-27(35)29(23,3)4/h9,11-12,19,24-27,42-44H,7-8,10,13-18,20-21H2,1-6H3/b19-9+,22-11+,23-12-/t24-,25?,26-,27+,30+,31+/m1/s1. The Labute approximate surface area is 257 Å². The highest BCUT2D eigenvalue weighted by atomic mass is 19.4. The fraction of sp³-hybridized carbons (Fsp3) is 0.824. The van der Waals surface area contributed by atoms with Crippen molar-refractivity contribution in [3.8, 4) is 0 Å². The fourth-order valence-electron chi connectivity index (χ4n) is 8.40. The SMILES string of the molecule is CC(C)(O)CCC[C@@](C)(C/C=C/C(O)(C(F)(F)F)C(F)(F)F)[C@H]1CCC2/C(=C/C=C3/C[C@@H](O)C[C@H](F)C3(C)C)CCC[C@@]21C. The van der Waals surface area contributed by atoms with E-state index in [-0.39, 0.29) is 36.2 Å². The second-order valence-corrected chi connectivity index (χ2v) is 15.4. The topological polar surface area (TPSA) is 60.7 Å². The molecular weight excluding hydrogens is 589 g/mol. The minimum atomic E-state index is -5.92. The van der Waals surface area contributed by atoms with Crippen LogP contribution in [0.15, 0.2) is 35.5 Å². The first-order valence-corrected chi connectivity index (χ1v) is 15.9. The molecule has 3 N–H and O–H groups in total. The van der Waals surface area contributed by atoms with Crippen LogP contribution >= 0.6 is 0 Å². The third-order valence-corrected chi connectivity index (χ3v) is 11.2. The van der Waals surface area contributed by atoms with Crippen LogP contribution in [0.1, 0.15) is 112 Å². The Balaban J connectivity index is 1.95. The first kappa shape index (κ1) is 37.1. The van der Waals surface area contributed by atoms with Crippen LogP contribution in [-0.4, -0.2) is 51.1 Å². The Bertz CT molecular complexity index is 1080. The van der Waals surface area contributed by atoms with Gasteiger partial charge in [-0.3, -0.25) is 0 Å². The summed E-state index contributed by atoms with van der Waals surface area (Å²) in [5.41, 5.74) is -5.52. The van der Waals surface area contributed by atoms with Crippen molar-refractivity contribution in [1.82, 2.24) is 0 Å². The van der Waals surface area contributed by atoms with Crippen LogP contribution in [-0.2, 0) is 0 Å². The van der Waals surface area contributed by atoms with E-state index in [1.165, 1.54) is 5.57 Å². The second kappa shape index (κ2) is 12.7. The van der Waals surface area contributed by atoms with E-state index in [1.807, 2.05) is 26.8 Å². The van der Waals surface area contributed by atoms with Gasteiger partial charge in [-0.05, 0) is 100 Å². The Morgan fingerprint density at radius 2 is 1.52 bits per heavy atom. The molecule has 0 aromatic heterocycles. The minimum Gasteiger partial charge on any atom is -0.393 e. The average Bonchev–Trinajstić information content (AvgIpc) is 3.21. The number of alkyl halides is 7. The van der Waals surface area contributed by atoms with Gasteiger partial charge in [0.2, 0.25) is 0 Å². The molecule has 0 bridgehead atoms. The van der Waals surface area contributed by atoms with Crippen molar-refractivity contribution in [2.75, 3.05) is 0 Å². The first-order valence-electron chi connectivity index (χ1n) is 15.9. The number of rotatable bonds is 9. The lowest BCUT2D eigenvalue weighted by atomic mass is 9.55. The quantitative estimate of drug-likeness (QED) is 0.174. The largest absolute Gasteiger partial charge is 0.429 e. The molecule has 1 unspecified atom stereocenters. The maximum absolute atomic E-state index is 14.8. The van der Waals surface area contributed by atoms with Crippen LogP contribution in [0.25, 0.3) is 0 Å². The van der Waals surface area contributed by atoms with Gasteiger partial charge in [0, 0.05) is 11.8 Å². The molecule has 10 heteroatoms. The molecule has 6 atom stereocenters. The van der Waals surface area contributed by atoms with Gasteiger partial charge in [0.05, 0.1) is 11.7 Å². The van der Waals surface area contributed by atoms with E-state index in [1.54, 1.807) is 13.8 Å². The highest BCUT2D eigenvalue weighted by Crippen LogP contribution is 2.64. The molecule has 0 saturated heterocycles. The maximum Gasteiger partial charge on any atom is 0.429 e. The number of hydrogen-bond donors (Lipinski definition) is 3. The summed E-state index contributed by atoms with van der Waals surface area (Å²) >= 11 is 0. The average molecular weight is 641 g/mol. The van der Waals surface area contributed by atoms with Gasteiger partial charge < -0.3 is 15.3 Å². The molecule has 0 aliphatic heterocycles. The summed E-state index contributed by atoms with van der Waals surface area (Å²) in [6, 6.07) is 0. The van der Waals surface area contributed by atoms with Crippen molar-refractivity contribution in [1.29, 1.82) is 0 Å². The highest BCUT2D eigenvalue weighted by molar-refractivity contribution is 5.29. The minimum absolute atomic E-state index is 0.0316. The van der Waals surface area contributed by atoms with E-state index >= 15 is 0 Å². The van der Waals surface area contributed by atoms with E-state index in [2.05, 4.69) is 13.0 Å². The number of aliphatic hydroxyl groups excluding tert-OH is 1. The van der Waals surface area contributed by atoms with Crippen molar-refractivity contribution < 1.29 is 46.1 Å². The Morgan fingerprint density at radius 3 is 2.09 bits per heavy atom. The van der Waals surface area contributed by atoms with Crippen molar-refractivity contribution in [2.45, 2.75) is 148 Å². The van der Waals surface area contributed by atoms with E-state index in [0.29, 0.717) is 25.7 Å². The predicted octanol–water partition coefficient (Wildman–Crippen LogP) is 9.32. The highest BCUT2D eigenvalue weighted by Gasteiger charge is 2.69. The maximum atomic E-state index is 14.8. The lowest BCUT2D eigenvalue weighted by molar-refractivity contribution is -0.347. The molecular formula is C34H51F7O3. The zero-order chi connectivity index (χ0) is 33.6. The van der Waals surface area contributed by atoms with Gasteiger partial charge in [0.25, 0.3) is 5.60 Å². The van der Waals surface area contributed by atoms with Crippen LogP contribution in [0.2, 0.25) is 0 Å². The number of allylic oxidation sites excluding steroid dienone is 4. The zero-order valence-corrected chi connectivity index (χ0v) is 26.9. The van der Waals surface area contributed by atoms with Gasteiger partial charge in [-0.15, -0.1) is 0 Å². The summed E-state index contributed by atoms with van der Waals surface area (Å²) in [5, 5.41) is 30.2. The van der Waals surface area contributed by atoms with Gasteiger partial charge in [-0.1, -0.05) is 63.5 Å². The summed E-state index contributed by atoms with van der Waals surface area (Å²) in [7, 11) is 0. The van der Waals surface area contributed by atoms with Crippen LogP contribution in [0.4, 0.5) is 30.7 Å². The fourth-order valence-corrected chi connectivity index (χ4v) is 8.40. The number of fused-ring (bicyclic) bond motifs is 1. The number of aliphatic hydroxyl groups is 3. The number of halogens is 7. The zero-order valence-electron chi connectivity index (χ0n) is 26.9. The summed E-state index contributed by atoms with van der Waals surface area (Å²) in [4.78, 5) is 0. The number of hydrogen-bond acceptors (Lipinski definition) is 3. The van der Waals surface area contributed by atoms with Crippen LogP contribution in [0.5, 0.6) is 0 Å². The first-order chi connectivity index (χ1) is 19.9. The van der Waals surface area contributed by atoms with Gasteiger partial charge in [-0.2, -0.15) is 26.3 Å². The lowest BCUT2D eigenvalue weighted by Gasteiger charge is -2.49. The molecule has 254 valence electrons. The summed E-state index contributed by atoms with van der Waals surface area (Å²) in [6.07, 6.45) is -3.07. The van der Waals surface area contributed by atoms with Crippen molar-refractivity contribution in [2.24, 2.45) is 28.1 Å². The molecule has 3 nitrogen and oxygen atoms in total. The van der Waals surface area contributed by atoms with Crippen molar-refractivity contribution >= 4 is 0 Å². The molecule has 3 fully saturated rings. The van der Waals surface area contributed by atoms with Crippen molar-refractivity contribution in [3.63, 3.8) is 0 Å². The summed E-state index contributed by atoms with van der Waals surface area (Å²) in [6.45, 7) is 11.1. The Hall–Kier alpha value is -1.39. The third kappa shape index (κ3) is 7.59. The molecule has 0 aromatic rings. The molecule has 3 rings (SSSR count). The lowest BCUT2D eigenvalue weighted by Crippen LogP contribution is -2.55. The molecule has 0 heterocycles. The third-order valence-electron chi connectivity index (χ3n) is 11.2. The molecule has 0 spiro atoms. The Morgan fingerprint density at radius 1 is 0.909 bits per heavy atom. The Kier molecular flexibility index (Phi) is 10.7. The van der Waals surface area contributed by atoms with Crippen LogP contribution in [0, 0.1) is 28.1 Å². The molecule has 3 aliphatic rings. The van der Waals surface area contributed by atoms with E-state index in [0.717, 1.165) is 43.8 Å². The van der Waals surface area contributed by atoms with Gasteiger partial charge in [0.15, 0.2) is 0 Å². The smallest absolute Gasteiger partial charge is 0.393 e. The van der Waals surface area contributed by atoms with Crippen molar-refractivity contribution in [3.05, 3.63) is 35.5 Å². The van der Waals surface area contributed by atoms with Gasteiger partial charge in [-0.25, -0.2) is 4.39 Å². The van der Waals surface area contributed by atoms with E-state index in [4.69, 9.17) is 0 Å². The summed E-state index contributed by atoms with van der Waals surface area (Å²) in [5.74, 6) is 0.117. The normalized spacial score (nSPS) is 33.6. The molecule has 0 amide bonds. The molecule has 44 heavy (non-hydrogen) atoms. The predicted molar refractivity (Wildman–Crippen MR) is 157 cm³/mol. The second-order valence-electron chi connectivity index (χ2n) is 15.4. The van der Waals surface area contributed by atoms with Crippen LogP contribution < -0.4 is 0 Å². The molecule has 0 radical (unpaired) electrons. The molecule has 3 saturated carbocycles. The molecule has 3 aliphatic carbocycles. The van der Waals surface area contributed by atoms with E-state index < -0.39 is 46.7 Å². The molecule has 0 aromatic carbocycles.